The molecule has 6 heteroatoms. The molecule has 2 heterocycles. The Morgan fingerprint density at radius 3 is 2.90 bits per heavy atom. The smallest absolute Gasteiger partial charge is 0.246 e. The van der Waals surface area contributed by atoms with E-state index < -0.39 is 6.10 Å². The van der Waals surface area contributed by atoms with Crippen LogP contribution < -0.4 is 5.32 Å². The normalized spacial score (nSPS) is 12.5. The van der Waals surface area contributed by atoms with Gasteiger partial charge in [-0.25, -0.2) is 4.98 Å². The predicted octanol–water partition coefficient (Wildman–Crippen LogP) is 1.65. The van der Waals surface area contributed by atoms with Gasteiger partial charge in [0, 0.05) is 18.4 Å². The number of anilines is 1. The number of aliphatic hydroxyl groups excluding tert-OH is 2. The molecular weight excluding hydrogens is 270 g/mol. The second-order valence-corrected chi connectivity index (χ2v) is 4.63. The molecule has 0 aliphatic heterocycles. The molecule has 2 aromatic heterocycles. The summed E-state index contributed by atoms with van der Waals surface area (Å²) in [6.45, 7) is -0.00398. The van der Waals surface area contributed by atoms with Crippen molar-refractivity contribution < 1.29 is 14.6 Å². The standard InChI is InChI=1S/C15H15N3O3/c19-9-11(20)8-17-10-4-5-14-13(7-10)18-15(21-14)12-3-1-2-6-16-12/h1-7,11,17,19-20H,8-9H2. The van der Waals surface area contributed by atoms with Crippen LogP contribution in [-0.2, 0) is 0 Å². The molecule has 6 nitrogen and oxygen atoms in total. The Morgan fingerprint density at radius 1 is 1.24 bits per heavy atom. The lowest BCUT2D eigenvalue weighted by Crippen LogP contribution is -2.22. The van der Waals surface area contributed by atoms with Gasteiger partial charge in [0.2, 0.25) is 5.89 Å². The first-order valence-electron chi connectivity index (χ1n) is 6.61. The van der Waals surface area contributed by atoms with E-state index in [1.807, 2.05) is 36.4 Å². The van der Waals surface area contributed by atoms with Crippen LogP contribution in [0.25, 0.3) is 22.7 Å². The van der Waals surface area contributed by atoms with E-state index in [1.165, 1.54) is 0 Å². The van der Waals surface area contributed by atoms with Crippen molar-refractivity contribution >= 4 is 16.8 Å². The lowest BCUT2D eigenvalue weighted by molar-refractivity contribution is 0.105. The highest BCUT2D eigenvalue weighted by Gasteiger charge is 2.09. The Labute approximate surface area is 121 Å². The highest BCUT2D eigenvalue weighted by atomic mass is 16.3. The summed E-state index contributed by atoms with van der Waals surface area (Å²) in [7, 11) is 0. The third-order valence-electron chi connectivity index (χ3n) is 3.02. The monoisotopic (exact) mass is 285 g/mol. The Kier molecular flexibility index (Phi) is 3.81. The molecule has 0 aliphatic rings. The molecule has 0 fully saturated rings. The van der Waals surface area contributed by atoms with Crippen molar-refractivity contribution in [2.24, 2.45) is 0 Å². The van der Waals surface area contributed by atoms with Crippen molar-refractivity contribution in [3.05, 3.63) is 42.6 Å². The van der Waals surface area contributed by atoms with Crippen LogP contribution >= 0.6 is 0 Å². The summed E-state index contributed by atoms with van der Waals surface area (Å²) >= 11 is 0. The molecule has 0 amide bonds. The third-order valence-corrected chi connectivity index (χ3v) is 3.02. The lowest BCUT2D eigenvalue weighted by Gasteiger charge is -2.09. The van der Waals surface area contributed by atoms with Gasteiger partial charge in [0.1, 0.15) is 11.2 Å². The second-order valence-electron chi connectivity index (χ2n) is 4.63. The van der Waals surface area contributed by atoms with E-state index in [-0.39, 0.29) is 13.2 Å². The maximum absolute atomic E-state index is 9.33. The van der Waals surface area contributed by atoms with Crippen molar-refractivity contribution in [1.29, 1.82) is 0 Å². The average Bonchev–Trinajstić information content (AvgIpc) is 2.96. The van der Waals surface area contributed by atoms with E-state index in [9.17, 15) is 5.11 Å². The number of fused-ring (bicyclic) bond motifs is 1. The quantitative estimate of drug-likeness (QED) is 0.660. The molecule has 3 rings (SSSR count). The van der Waals surface area contributed by atoms with Crippen LogP contribution in [0.1, 0.15) is 0 Å². The molecule has 0 radical (unpaired) electrons. The summed E-state index contributed by atoms with van der Waals surface area (Å²) in [4.78, 5) is 8.61. The number of rotatable bonds is 5. The van der Waals surface area contributed by atoms with Crippen LogP contribution in [0.2, 0.25) is 0 Å². The number of nitrogens with zero attached hydrogens (tertiary/aromatic N) is 2. The molecule has 0 saturated carbocycles. The summed E-state index contributed by atoms with van der Waals surface area (Å²) in [5.41, 5.74) is 2.86. The van der Waals surface area contributed by atoms with Gasteiger partial charge >= 0.3 is 0 Å². The zero-order valence-corrected chi connectivity index (χ0v) is 11.2. The number of oxazole rings is 1. The third kappa shape index (κ3) is 3.01. The van der Waals surface area contributed by atoms with Crippen LogP contribution in [0.15, 0.2) is 47.0 Å². The summed E-state index contributed by atoms with van der Waals surface area (Å²) in [5.74, 6) is 0.471. The number of hydrogen-bond acceptors (Lipinski definition) is 6. The molecule has 3 N–H and O–H groups in total. The fourth-order valence-corrected chi connectivity index (χ4v) is 1.94. The average molecular weight is 285 g/mol. The summed E-state index contributed by atoms with van der Waals surface area (Å²) in [6, 6.07) is 11.0. The largest absolute Gasteiger partial charge is 0.435 e. The molecule has 0 aliphatic carbocycles. The van der Waals surface area contributed by atoms with Crippen LogP contribution in [0, 0.1) is 0 Å². The maximum Gasteiger partial charge on any atom is 0.246 e. The van der Waals surface area contributed by atoms with E-state index in [2.05, 4.69) is 15.3 Å². The van der Waals surface area contributed by atoms with Gasteiger partial charge in [-0.1, -0.05) is 6.07 Å². The molecular formula is C15H15N3O3. The van der Waals surface area contributed by atoms with Crippen molar-refractivity contribution in [3.63, 3.8) is 0 Å². The van der Waals surface area contributed by atoms with Gasteiger partial charge in [-0.2, -0.15) is 0 Å². The highest BCUT2D eigenvalue weighted by molar-refractivity contribution is 5.79. The van der Waals surface area contributed by atoms with Gasteiger partial charge in [-0.3, -0.25) is 4.98 Å². The minimum absolute atomic E-state index is 0.271. The van der Waals surface area contributed by atoms with Crippen molar-refractivity contribution in [3.8, 4) is 11.6 Å². The number of pyridine rings is 1. The Balaban J connectivity index is 1.85. The predicted molar refractivity (Wildman–Crippen MR) is 78.8 cm³/mol. The van der Waals surface area contributed by atoms with Crippen LogP contribution in [0.3, 0.4) is 0 Å². The summed E-state index contributed by atoms with van der Waals surface area (Å²) < 4.78 is 5.67. The number of aromatic nitrogens is 2. The Morgan fingerprint density at radius 2 is 2.14 bits per heavy atom. The number of benzene rings is 1. The molecule has 0 saturated heterocycles. The van der Waals surface area contributed by atoms with Gasteiger partial charge in [-0.15, -0.1) is 0 Å². The van der Waals surface area contributed by atoms with E-state index in [0.29, 0.717) is 22.7 Å². The van der Waals surface area contributed by atoms with Crippen LogP contribution in [0.4, 0.5) is 5.69 Å². The van der Waals surface area contributed by atoms with Crippen LogP contribution in [0.5, 0.6) is 0 Å². The number of aliphatic hydroxyl groups is 2. The molecule has 0 spiro atoms. The topological polar surface area (TPSA) is 91.4 Å². The zero-order chi connectivity index (χ0) is 14.7. The summed E-state index contributed by atoms with van der Waals surface area (Å²) in [6.07, 6.45) is 0.898. The minimum atomic E-state index is -0.790. The molecule has 1 atom stereocenters. The second kappa shape index (κ2) is 5.90. The Bertz CT molecular complexity index is 727. The number of hydrogen-bond donors (Lipinski definition) is 3. The first-order chi connectivity index (χ1) is 10.3. The maximum atomic E-state index is 9.33. The molecule has 3 aromatic rings. The van der Waals surface area contributed by atoms with Gasteiger partial charge < -0.3 is 19.9 Å². The van der Waals surface area contributed by atoms with Crippen molar-refractivity contribution in [2.45, 2.75) is 6.10 Å². The fraction of sp³-hybridized carbons (Fsp3) is 0.200. The zero-order valence-electron chi connectivity index (χ0n) is 11.2. The summed E-state index contributed by atoms with van der Waals surface area (Å²) in [5, 5.41) is 21.1. The molecule has 108 valence electrons. The van der Waals surface area contributed by atoms with E-state index >= 15 is 0 Å². The first-order valence-corrected chi connectivity index (χ1v) is 6.61. The van der Waals surface area contributed by atoms with Crippen molar-refractivity contribution in [1.82, 2.24) is 9.97 Å². The van der Waals surface area contributed by atoms with Crippen LogP contribution in [-0.4, -0.2) is 39.4 Å². The van der Waals surface area contributed by atoms with Gasteiger partial charge in [0.25, 0.3) is 0 Å². The van der Waals surface area contributed by atoms with E-state index in [1.54, 1.807) is 6.20 Å². The van der Waals surface area contributed by atoms with E-state index in [4.69, 9.17) is 9.52 Å². The fourth-order valence-electron chi connectivity index (χ4n) is 1.94. The number of nitrogens with one attached hydrogen (secondary N) is 1. The SMILES string of the molecule is OCC(O)CNc1ccc2oc(-c3ccccn3)nc2c1. The van der Waals surface area contributed by atoms with Gasteiger partial charge in [-0.05, 0) is 30.3 Å². The van der Waals surface area contributed by atoms with Crippen molar-refractivity contribution in [2.75, 3.05) is 18.5 Å². The van der Waals surface area contributed by atoms with Gasteiger partial charge in [0.05, 0.1) is 12.7 Å². The molecule has 0 bridgehead atoms. The Hall–Kier alpha value is -2.44. The molecule has 1 unspecified atom stereocenters. The molecule has 1 aromatic carbocycles. The van der Waals surface area contributed by atoms with Gasteiger partial charge in [0.15, 0.2) is 5.58 Å². The minimum Gasteiger partial charge on any atom is -0.435 e. The first kappa shape index (κ1) is 13.5. The van der Waals surface area contributed by atoms with E-state index in [0.717, 1.165) is 5.69 Å². The lowest BCUT2D eigenvalue weighted by atomic mass is 10.2. The highest BCUT2D eigenvalue weighted by Crippen LogP contribution is 2.24. The molecule has 21 heavy (non-hydrogen) atoms.